The van der Waals surface area contributed by atoms with Crippen LogP contribution in [-0.2, 0) is 14.8 Å². The average molecular weight is 342 g/mol. The average Bonchev–Trinajstić information content (AvgIpc) is 2.98. The first-order valence-corrected chi connectivity index (χ1v) is 8.43. The summed E-state index contributed by atoms with van der Waals surface area (Å²) in [6.07, 6.45) is 3.34. The van der Waals surface area contributed by atoms with Crippen LogP contribution < -0.4 is 10.0 Å². The molecule has 9 heteroatoms. The van der Waals surface area contributed by atoms with Crippen LogP contribution in [0, 0.1) is 6.92 Å². The maximum absolute atomic E-state index is 12.1. The summed E-state index contributed by atoms with van der Waals surface area (Å²) in [4.78, 5) is 3.98. The van der Waals surface area contributed by atoms with Crippen molar-refractivity contribution >= 4 is 33.8 Å². The minimum atomic E-state index is -3.47. The normalized spacial score (nSPS) is 22.7. The lowest BCUT2D eigenvalue weighted by Gasteiger charge is -2.28. The van der Waals surface area contributed by atoms with Crippen molar-refractivity contribution in [1.82, 2.24) is 15.0 Å². The smallest absolute Gasteiger partial charge is 0.251 e. The molecule has 2 heterocycles. The van der Waals surface area contributed by atoms with Crippen LogP contribution in [0.15, 0.2) is 10.4 Å². The zero-order chi connectivity index (χ0) is 13.9. The Kier molecular flexibility index (Phi) is 6.36. The quantitative estimate of drug-likeness (QED) is 0.804. The Labute approximate surface area is 129 Å². The minimum absolute atomic E-state index is 0. The van der Waals surface area contributed by atoms with Gasteiger partial charge in [-0.25, -0.2) is 18.1 Å². The first kappa shape index (κ1) is 17.8. The molecule has 1 aromatic rings. The summed E-state index contributed by atoms with van der Waals surface area (Å²) in [6, 6.07) is 0. The number of aromatic nitrogens is 1. The van der Waals surface area contributed by atoms with Crippen molar-refractivity contribution < 1.29 is 13.2 Å². The van der Waals surface area contributed by atoms with Crippen LogP contribution in [-0.4, -0.2) is 45.7 Å². The Morgan fingerprint density at radius 2 is 2.35 bits per heavy atom. The minimum Gasteiger partial charge on any atom is -0.383 e. The van der Waals surface area contributed by atoms with E-state index in [-0.39, 0.29) is 22.2 Å². The molecule has 6 nitrogen and oxygen atoms in total. The molecule has 116 valence electrons. The summed E-state index contributed by atoms with van der Waals surface area (Å²) in [5, 5.41) is 4.08. The number of nitrogens with one attached hydrogen (secondary N) is 2. The number of nitrogens with zero attached hydrogens (tertiary/aromatic N) is 1. The van der Waals surface area contributed by atoms with Crippen molar-refractivity contribution in [3.63, 3.8) is 0 Å². The summed E-state index contributed by atoms with van der Waals surface area (Å²) < 4.78 is 32.4. The molecule has 1 aliphatic rings. The van der Waals surface area contributed by atoms with Crippen molar-refractivity contribution in [3.05, 3.63) is 11.2 Å². The first-order valence-electron chi connectivity index (χ1n) is 6.14. The predicted molar refractivity (Wildman–Crippen MR) is 81.1 cm³/mol. The summed E-state index contributed by atoms with van der Waals surface area (Å²) in [6.45, 7) is 3.51. The van der Waals surface area contributed by atoms with Gasteiger partial charge in [0.15, 0.2) is 4.21 Å². The van der Waals surface area contributed by atoms with Gasteiger partial charge in [0.25, 0.3) is 10.0 Å². The zero-order valence-electron chi connectivity index (χ0n) is 11.5. The predicted octanol–water partition coefficient (Wildman–Crippen LogP) is 0.920. The Morgan fingerprint density at radius 1 is 1.60 bits per heavy atom. The van der Waals surface area contributed by atoms with E-state index in [9.17, 15) is 8.42 Å². The Morgan fingerprint density at radius 3 is 2.85 bits per heavy atom. The lowest BCUT2D eigenvalue weighted by atomic mass is 9.99. The number of sulfonamides is 1. The molecule has 1 unspecified atom stereocenters. The van der Waals surface area contributed by atoms with Gasteiger partial charge in [-0.15, -0.1) is 23.7 Å². The number of thiazole rings is 1. The largest absolute Gasteiger partial charge is 0.383 e. The van der Waals surface area contributed by atoms with E-state index in [0.29, 0.717) is 13.2 Å². The summed E-state index contributed by atoms with van der Waals surface area (Å²) in [5.41, 5.74) is -0.290. The van der Waals surface area contributed by atoms with Gasteiger partial charge < -0.3 is 10.1 Å². The van der Waals surface area contributed by atoms with Crippen LogP contribution in [0.1, 0.15) is 17.8 Å². The van der Waals surface area contributed by atoms with Crippen molar-refractivity contribution in [2.45, 2.75) is 29.5 Å². The third-order valence-electron chi connectivity index (χ3n) is 3.22. The molecule has 1 saturated heterocycles. The van der Waals surface area contributed by atoms with Gasteiger partial charge in [0.05, 0.1) is 23.4 Å². The zero-order valence-corrected chi connectivity index (χ0v) is 14.0. The molecule has 0 bridgehead atoms. The number of ether oxygens (including phenoxy) is 1. The number of methoxy groups -OCH3 is 1. The molecular weight excluding hydrogens is 322 g/mol. The van der Waals surface area contributed by atoms with Crippen molar-refractivity contribution in [2.75, 3.05) is 26.8 Å². The Balaban J connectivity index is 0.00000200. The molecule has 0 aliphatic carbocycles. The number of rotatable bonds is 6. The fourth-order valence-corrected chi connectivity index (χ4v) is 4.52. The van der Waals surface area contributed by atoms with Crippen molar-refractivity contribution in [2.24, 2.45) is 0 Å². The molecule has 0 saturated carbocycles. The van der Waals surface area contributed by atoms with E-state index in [0.717, 1.165) is 24.4 Å². The highest BCUT2D eigenvalue weighted by Crippen LogP contribution is 2.21. The van der Waals surface area contributed by atoms with E-state index in [1.54, 1.807) is 14.0 Å². The van der Waals surface area contributed by atoms with Gasteiger partial charge in [-0.3, -0.25) is 0 Å². The van der Waals surface area contributed by atoms with Crippen molar-refractivity contribution in [3.8, 4) is 0 Å². The van der Waals surface area contributed by atoms with E-state index < -0.39 is 10.0 Å². The van der Waals surface area contributed by atoms with E-state index in [4.69, 9.17) is 4.74 Å². The molecule has 0 radical (unpaired) electrons. The second kappa shape index (κ2) is 7.15. The van der Waals surface area contributed by atoms with E-state index in [1.807, 2.05) is 0 Å². The van der Waals surface area contributed by atoms with Crippen LogP contribution in [0.4, 0.5) is 0 Å². The Bertz CT molecular complexity index is 527. The standard InChI is InChI=1S/C11H19N3O3S2.ClH/c1-9-12-6-10(18-9)19(15,16)14-7-11(8-17-2)4-3-5-13-11;/h6,13-14H,3-5,7-8H2,1-2H3;1H. The third kappa shape index (κ3) is 4.12. The van der Waals surface area contributed by atoms with Gasteiger partial charge in [0, 0.05) is 13.7 Å². The molecule has 1 fully saturated rings. The summed E-state index contributed by atoms with van der Waals surface area (Å²) in [5.74, 6) is 0. The van der Waals surface area contributed by atoms with Crippen molar-refractivity contribution in [1.29, 1.82) is 0 Å². The molecule has 20 heavy (non-hydrogen) atoms. The number of halogens is 1. The molecular formula is C11H20ClN3O3S2. The summed E-state index contributed by atoms with van der Waals surface area (Å²) >= 11 is 1.18. The lowest BCUT2D eigenvalue weighted by molar-refractivity contribution is 0.122. The molecule has 0 aromatic carbocycles. The monoisotopic (exact) mass is 341 g/mol. The molecule has 0 spiro atoms. The van der Waals surface area contributed by atoms with E-state index in [1.165, 1.54) is 17.5 Å². The van der Waals surface area contributed by atoms with E-state index >= 15 is 0 Å². The summed E-state index contributed by atoms with van der Waals surface area (Å²) in [7, 11) is -1.85. The highest BCUT2D eigenvalue weighted by Gasteiger charge is 2.35. The van der Waals surface area contributed by atoms with Gasteiger partial charge in [0.2, 0.25) is 0 Å². The van der Waals surface area contributed by atoms with Gasteiger partial charge in [0.1, 0.15) is 0 Å². The van der Waals surface area contributed by atoms with Gasteiger partial charge in [-0.05, 0) is 26.3 Å². The van der Waals surface area contributed by atoms with E-state index in [2.05, 4.69) is 15.0 Å². The molecule has 1 atom stereocenters. The highest BCUT2D eigenvalue weighted by atomic mass is 35.5. The van der Waals surface area contributed by atoms with Gasteiger partial charge >= 0.3 is 0 Å². The highest BCUT2D eigenvalue weighted by molar-refractivity contribution is 7.91. The molecule has 1 aliphatic heterocycles. The first-order chi connectivity index (χ1) is 8.97. The van der Waals surface area contributed by atoms with Gasteiger partial charge in [-0.1, -0.05) is 0 Å². The second-order valence-corrected chi connectivity index (χ2v) is 8.00. The lowest BCUT2D eigenvalue weighted by Crippen LogP contribution is -2.52. The molecule has 2 N–H and O–H groups in total. The van der Waals surface area contributed by atoms with Crippen LogP contribution in [0.25, 0.3) is 0 Å². The SMILES string of the molecule is COCC1(CNS(=O)(=O)c2cnc(C)s2)CCCN1.Cl. The number of hydrogen-bond acceptors (Lipinski definition) is 6. The molecule has 2 rings (SSSR count). The second-order valence-electron chi connectivity index (χ2n) is 4.77. The molecule has 0 amide bonds. The topological polar surface area (TPSA) is 80.3 Å². The van der Waals surface area contributed by atoms with Crippen LogP contribution in [0.5, 0.6) is 0 Å². The molecule has 1 aromatic heterocycles. The Hall–Kier alpha value is -0.250. The van der Waals surface area contributed by atoms with Crippen LogP contribution in [0.2, 0.25) is 0 Å². The number of hydrogen-bond donors (Lipinski definition) is 2. The fourth-order valence-electron chi connectivity index (χ4n) is 2.24. The maximum atomic E-state index is 12.1. The van der Waals surface area contributed by atoms with Gasteiger partial charge in [-0.2, -0.15) is 0 Å². The maximum Gasteiger partial charge on any atom is 0.251 e. The number of aryl methyl sites for hydroxylation is 1. The fraction of sp³-hybridized carbons (Fsp3) is 0.727. The third-order valence-corrected chi connectivity index (χ3v) is 5.99. The van der Waals surface area contributed by atoms with Crippen LogP contribution in [0.3, 0.4) is 0 Å². The van der Waals surface area contributed by atoms with Crippen LogP contribution >= 0.6 is 23.7 Å².